The molecule has 0 spiro atoms. The van der Waals surface area contributed by atoms with Gasteiger partial charge in [-0.15, -0.1) is 0 Å². The topological polar surface area (TPSA) is 63.4 Å². The summed E-state index contributed by atoms with van der Waals surface area (Å²) in [5, 5.41) is 4.01. The van der Waals surface area contributed by atoms with E-state index in [0.29, 0.717) is 35.6 Å². The summed E-state index contributed by atoms with van der Waals surface area (Å²) in [6.07, 6.45) is 1.04. The maximum atomic E-state index is 12.7. The van der Waals surface area contributed by atoms with Crippen LogP contribution in [0.5, 0.6) is 11.5 Å². The second-order valence-corrected chi connectivity index (χ2v) is 7.85. The maximum absolute atomic E-state index is 12.7. The van der Waals surface area contributed by atoms with Crippen LogP contribution in [0.15, 0.2) is 42.5 Å². The highest BCUT2D eigenvalue weighted by molar-refractivity contribution is 5.98. The van der Waals surface area contributed by atoms with Crippen molar-refractivity contribution in [3.63, 3.8) is 0 Å². The molecule has 0 saturated heterocycles. The first kappa shape index (κ1) is 20.8. The first-order valence-corrected chi connectivity index (χ1v) is 10.0. The molecule has 1 heterocycles. The minimum atomic E-state index is -0.161. The molecule has 5 heteroatoms. The van der Waals surface area contributed by atoms with Crippen LogP contribution in [0.1, 0.15) is 42.4 Å². The molecule has 0 saturated carbocycles. The zero-order chi connectivity index (χ0) is 21.0. The number of amides is 1. The third-order valence-corrected chi connectivity index (χ3v) is 5.58. The SMILES string of the molecule is COc1cccc(OC)c1CNC(=O)c1cc2cc(CC(C)C(C)C)ccc2[nH]1. The average Bonchev–Trinajstić information content (AvgIpc) is 3.15. The zero-order valence-corrected chi connectivity index (χ0v) is 17.8. The van der Waals surface area contributed by atoms with Gasteiger partial charge in [0.05, 0.1) is 26.3 Å². The highest BCUT2D eigenvalue weighted by atomic mass is 16.5. The Balaban J connectivity index is 1.75. The van der Waals surface area contributed by atoms with Gasteiger partial charge in [-0.3, -0.25) is 4.79 Å². The summed E-state index contributed by atoms with van der Waals surface area (Å²) in [5.74, 6) is 2.47. The monoisotopic (exact) mass is 394 g/mol. The highest BCUT2D eigenvalue weighted by Crippen LogP contribution is 2.28. The number of rotatable bonds is 8. The van der Waals surface area contributed by atoms with Crippen molar-refractivity contribution in [2.75, 3.05) is 14.2 Å². The average molecular weight is 395 g/mol. The molecule has 1 atom stereocenters. The molecule has 0 fully saturated rings. The van der Waals surface area contributed by atoms with E-state index >= 15 is 0 Å². The molecule has 5 nitrogen and oxygen atoms in total. The van der Waals surface area contributed by atoms with Crippen molar-refractivity contribution in [3.05, 3.63) is 59.3 Å². The molecular weight excluding hydrogens is 364 g/mol. The third-order valence-electron chi connectivity index (χ3n) is 5.58. The Bertz CT molecular complexity index is 969. The summed E-state index contributed by atoms with van der Waals surface area (Å²) < 4.78 is 10.8. The Morgan fingerprint density at radius 3 is 2.34 bits per heavy atom. The van der Waals surface area contributed by atoms with Gasteiger partial charge in [0.25, 0.3) is 5.91 Å². The molecule has 1 amide bonds. The Labute approximate surface area is 172 Å². The zero-order valence-electron chi connectivity index (χ0n) is 17.8. The number of hydrogen-bond donors (Lipinski definition) is 2. The molecule has 2 aromatic carbocycles. The van der Waals surface area contributed by atoms with Crippen molar-refractivity contribution >= 4 is 16.8 Å². The molecule has 154 valence electrons. The molecule has 0 aliphatic carbocycles. The molecule has 1 unspecified atom stereocenters. The number of nitrogens with one attached hydrogen (secondary N) is 2. The van der Waals surface area contributed by atoms with E-state index in [1.807, 2.05) is 24.3 Å². The summed E-state index contributed by atoms with van der Waals surface area (Å²) in [6, 6.07) is 13.8. The molecule has 1 aromatic heterocycles. The van der Waals surface area contributed by atoms with Gasteiger partial charge < -0.3 is 19.8 Å². The minimum absolute atomic E-state index is 0.161. The first-order chi connectivity index (χ1) is 13.9. The van der Waals surface area contributed by atoms with Gasteiger partial charge in [-0.2, -0.15) is 0 Å². The van der Waals surface area contributed by atoms with Gasteiger partial charge in [0, 0.05) is 10.9 Å². The van der Waals surface area contributed by atoms with Crippen LogP contribution in [0.2, 0.25) is 0 Å². The van der Waals surface area contributed by atoms with Crippen LogP contribution in [0.4, 0.5) is 0 Å². The minimum Gasteiger partial charge on any atom is -0.496 e. The second-order valence-electron chi connectivity index (χ2n) is 7.85. The van der Waals surface area contributed by atoms with Crippen LogP contribution in [-0.4, -0.2) is 25.1 Å². The molecule has 3 rings (SSSR count). The van der Waals surface area contributed by atoms with E-state index < -0.39 is 0 Å². The van der Waals surface area contributed by atoms with Gasteiger partial charge in [0.1, 0.15) is 17.2 Å². The molecule has 0 bridgehead atoms. The Kier molecular flexibility index (Phi) is 6.47. The molecule has 0 aliphatic rings. The lowest BCUT2D eigenvalue weighted by atomic mass is 9.91. The largest absolute Gasteiger partial charge is 0.496 e. The standard InChI is InChI=1S/C24H30N2O3/c1-15(2)16(3)11-17-9-10-20-18(12-17)13-21(26-20)24(27)25-14-19-22(28-4)7-6-8-23(19)29-5/h6-10,12-13,15-16,26H,11,14H2,1-5H3,(H,25,27). The summed E-state index contributed by atoms with van der Waals surface area (Å²) in [6.45, 7) is 7.09. The maximum Gasteiger partial charge on any atom is 0.268 e. The van der Waals surface area contributed by atoms with E-state index in [4.69, 9.17) is 9.47 Å². The molecule has 3 aromatic rings. The van der Waals surface area contributed by atoms with Crippen molar-refractivity contribution in [1.82, 2.24) is 10.3 Å². The summed E-state index contributed by atoms with van der Waals surface area (Å²) in [5.41, 5.74) is 3.62. The Morgan fingerprint density at radius 1 is 1.03 bits per heavy atom. The van der Waals surface area contributed by atoms with Crippen molar-refractivity contribution in [3.8, 4) is 11.5 Å². The van der Waals surface area contributed by atoms with E-state index in [2.05, 4.69) is 49.3 Å². The van der Waals surface area contributed by atoms with Gasteiger partial charge >= 0.3 is 0 Å². The van der Waals surface area contributed by atoms with Crippen LogP contribution >= 0.6 is 0 Å². The number of aromatic amines is 1. The lowest BCUT2D eigenvalue weighted by molar-refractivity contribution is 0.0946. The normalized spacial score (nSPS) is 12.2. The number of ether oxygens (including phenoxy) is 2. The van der Waals surface area contributed by atoms with Crippen molar-refractivity contribution in [2.45, 2.75) is 33.7 Å². The predicted octanol–water partition coefficient (Wildman–Crippen LogP) is 4.95. The molecule has 0 aliphatic heterocycles. The van der Waals surface area contributed by atoms with Crippen LogP contribution in [-0.2, 0) is 13.0 Å². The fraction of sp³-hybridized carbons (Fsp3) is 0.375. The van der Waals surface area contributed by atoms with Crippen LogP contribution < -0.4 is 14.8 Å². The Morgan fingerprint density at radius 2 is 1.72 bits per heavy atom. The highest BCUT2D eigenvalue weighted by Gasteiger charge is 2.15. The number of carbonyl (C=O) groups excluding carboxylic acids is 1. The van der Waals surface area contributed by atoms with E-state index in [9.17, 15) is 4.79 Å². The van der Waals surface area contributed by atoms with Gasteiger partial charge in [-0.25, -0.2) is 0 Å². The van der Waals surface area contributed by atoms with Crippen LogP contribution in [0.25, 0.3) is 10.9 Å². The molecular formula is C24H30N2O3. The van der Waals surface area contributed by atoms with E-state index in [-0.39, 0.29) is 5.91 Å². The fourth-order valence-corrected chi connectivity index (χ4v) is 3.41. The molecule has 0 radical (unpaired) electrons. The van der Waals surface area contributed by atoms with Crippen molar-refractivity contribution in [2.24, 2.45) is 11.8 Å². The van der Waals surface area contributed by atoms with Crippen molar-refractivity contribution in [1.29, 1.82) is 0 Å². The number of aromatic nitrogens is 1. The Hall–Kier alpha value is -2.95. The van der Waals surface area contributed by atoms with E-state index in [1.165, 1.54) is 5.56 Å². The fourth-order valence-electron chi connectivity index (χ4n) is 3.41. The van der Waals surface area contributed by atoms with E-state index in [0.717, 1.165) is 22.9 Å². The molecule has 29 heavy (non-hydrogen) atoms. The number of fused-ring (bicyclic) bond motifs is 1. The summed E-state index contributed by atoms with van der Waals surface area (Å²) in [4.78, 5) is 15.9. The lowest BCUT2D eigenvalue weighted by Crippen LogP contribution is -2.23. The van der Waals surface area contributed by atoms with Crippen molar-refractivity contribution < 1.29 is 14.3 Å². The quantitative estimate of drug-likeness (QED) is 0.568. The summed E-state index contributed by atoms with van der Waals surface area (Å²) >= 11 is 0. The number of H-pyrrole nitrogens is 1. The number of benzene rings is 2. The van der Waals surface area contributed by atoms with Crippen LogP contribution in [0.3, 0.4) is 0 Å². The second kappa shape index (κ2) is 9.03. The number of methoxy groups -OCH3 is 2. The number of carbonyl (C=O) groups is 1. The molecule has 2 N–H and O–H groups in total. The summed E-state index contributed by atoms with van der Waals surface area (Å²) in [7, 11) is 3.21. The third kappa shape index (κ3) is 4.73. The van der Waals surface area contributed by atoms with Gasteiger partial charge in [0.15, 0.2) is 0 Å². The lowest BCUT2D eigenvalue weighted by Gasteiger charge is -2.15. The first-order valence-electron chi connectivity index (χ1n) is 10.0. The number of hydrogen-bond acceptors (Lipinski definition) is 3. The van der Waals surface area contributed by atoms with Gasteiger partial charge in [-0.1, -0.05) is 32.9 Å². The van der Waals surface area contributed by atoms with E-state index in [1.54, 1.807) is 14.2 Å². The van der Waals surface area contributed by atoms with Gasteiger partial charge in [0.2, 0.25) is 0 Å². The van der Waals surface area contributed by atoms with Crippen LogP contribution in [0, 0.1) is 11.8 Å². The smallest absolute Gasteiger partial charge is 0.268 e. The predicted molar refractivity (Wildman–Crippen MR) is 117 cm³/mol. The van der Waals surface area contributed by atoms with Gasteiger partial charge in [-0.05, 0) is 54.2 Å².